The summed E-state index contributed by atoms with van der Waals surface area (Å²) in [7, 11) is 0. The van der Waals surface area contributed by atoms with Crippen molar-refractivity contribution in [1.29, 1.82) is 0 Å². The Morgan fingerprint density at radius 2 is 2.00 bits per heavy atom. The Labute approximate surface area is 84.7 Å². The molecular weight excluding hydrogens is 176 g/mol. The number of benzene rings is 1. The number of thioether (sulfide) groups is 1. The molecule has 1 aromatic rings. The molecular formula is C12H14S. The summed E-state index contributed by atoms with van der Waals surface area (Å²) >= 11 is 1.69. The molecule has 0 amide bonds. The Hall–Kier alpha value is -0.870. The molecule has 0 fully saturated rings. The topological polar surface area (TPSA) is 0 Å². The zero-order chi connectivity index (χ0) is 9.52. The number of rotatable bonds is 2. The van der Waals surface area contributed by atoms with Crippen LogP contribution in [0.25, 0.3) is 0 Å². The van der Waals surface area contributed by atoms with Crippen LogP contribution in [0.4, 0.5) is 0 Å². The lowest BCUT2D eigenvalue weighted by Gasteiger charge is -2.05. The van der Waals surface area contributed by atoms with E-state index in [0.29, 0.717) is 5.25 Å². The van der Waals surface area contributed by atoms with Crippen molar-refractivity contribution in [2.24, 2.45) is 0 Å². The van der Waals surface area contributed by atoms with Crippen LogP contribution >= 0.6 is 11.8 Å². The van der Waals surface area contributed by atoms with E-state index in [4.69, 9.17) is 0 Å². The summed E-state index contributed by atoms with van der Waals surface area (Å²) in [6.45, 7) is 4.26. The maximum atomic E-state index is 3.10. The normalized spacial score (nSPS) is 11.5. The van der Waals surface area contributed by atoms with Gasteiger partial charge in [0.1, 0.15) is 0 Å². The first-order chi connectivity index (χ1) is 6.34. The van der Waals surface area contributed by atoms with E-state index in [0.717, 1.165) is 6.42 Å². The van der Waals surface area contributed by atoms with E-state index in [1.54, 1.807) is 11.8 Å². The predicted molar refractivity (Wildman–Crippen MR) is 60.5 cm³/mol. The number of hydrogen-bond acceptors (Lipinski definition) is 1. The first-order valence-electron chi connectivity index (χ1n) is 4.53. The molecule has 68 valence electrons. The second kappa shape index (κ2) is 5.72. The predicted octanol–water partition coefficient (Wildman–Crippen LogP) is 3.85. The van der Waals surface area contributed by atoms with Crippen molar-refractivity contribution in [3.8, 4) is 11.2 Å². The molecule has 0 saturated heterocycles. The van der Waals surface area contributed by atoms with E-state index in [1.165, 1.54) is 5.56 Å². The second-order valence-corrected chi connectivity index (χ2v) is 3.95. The minimum Gasteiger partial charge on any atom is -0.0915 e. The van der Waals surface area contributed by atoms with Crippen LogP contribution in [0.3, 0.4) is 0 Å². The molecule has 1 rings (SSSR count). The van der Waals surface area contributed by atoms with Crippen molar-refractivity contribution in [3.63, 3.8) is 0 Å². The van der Waals surface area contributed by atoms with Crippen LogP contribution in [0.15, 0.2) is 30.3 Å². The number of hydrogen-bond donors (Lipinski definition) is 0. The fraction of sp³-hybridized carbons (Fsp3) is 0.333. The zero-order valence-electron chi connectivity index (χ0n) is 8.08. The highest BCUT2D eigenvalue weighted by molar-refractivity contribution is 8.04. The van der Waals surface area contributed by atoms with Crippen molar-refractivity contribution >= 4 is 11.8 Å². The summed E-state index contributed by atoms with van der Waals surface area (Å²) in [5.74, 6) is 3.06. The molecule has 0 N–H and O–H groups in total. The van der Waals surface area contributed by atoms with E-state index < -0.39 is 0 Å². The highest BCUT2D eigenvalue weighted by atomic mass is 32.2. The van der Waals surface area contributed by atoms with Crippen LogP contribution < -0.4 is 0 Å². The fourth-order valence-electron chi connectivity index (χ4n) is 0.994. The Kier molecular flexibility index (Phi) is 4.49. The smallest absolute Gasteiger partial charge is 0.0392 e. The zero-order valence-corrected chi connectivity index (χ0v) is 8.90. The minimum absolute atomic E-state index is 0.472. The van der Waals surface area contributed by atoms with Crippen LogP contribution in [0.1, 0.15) is 31.1 Å². The summed E-state index contributed by atoms with van der Waals surface area (Å²) in [6, 6.07) is 10.5. The van der Waals surface area contributed by atoms with Crippen molar-refractivity contribution in [3.05, 3.63) is 35.9 Å². The van der Waals surface area contributed by atoms with E-state index in [9.17, 15) is 0 Å². The van der Waals surface area contributed by atoms with E-state index in [1.807, 2.05) is 6.07 Å². The quantitative estimate of drug-likeness (QED) is 0.638. The summed E-state index contributed by atoms with van der Waals surface area (Å²) in [4.78, 5) is 0. The van der Waals surface area contributed by atoms with Crippen LogP contribution in [-0.4, -0.2) is 0 Å². The third-order valence-corrected chi connectivity index (χ3v) is 2.64. The van der Waals surface area contributed by atoms with Crippen molar-refractivity contribution < 1.29 is 0 Å². The van der Waals surface area contributed by atoms with Crippen molar-refractivity contribution in [1.82, 2.24) is 0 Å². The summed E-state index contributed by atoms with van der Waals surface area (Å²) in [5.41, 5.74) is 1.35. The molecule has 0 aromatic heterocycles. The van der Waals surface area contributed by atoms with Gasteiger partial charge in [-0.2, -0.15) is 0 Å². The Bertz CT molecular complexity index is 292. The monoisotopic (exact) mass is 190 g/mol. The molecule has 1 aromatic carbocycles. The van der Waals surface area contributed by atoms with E-state index in [2.05, 4.69) is 49.3 Å². The van der Waals surface area contributed by atoms with Gasteiger partial charge in [-0.3, -0.25) is 0 Å². The molecule has 0 aliphatic heterocycles. The molecule has 1 atom stereocenters. The molecule has 0 heterocycles. The van der Waals surface area contributed by atoms with Crippen LogP contribution in [0.2, 0.25) is 0 Å². The van der Waals surface area contributed by atoms with Crippen LogP contribution in [-0.2, 0) is 0 Å². The van der Waals surface area contributed by atoms with Gasteiger partial charge in [-0.15, -0.1) is 0 Å². The fourth-order valence-corrected chi connectivity index (χ4v) is 1.69. The molecule has 0 bridgehead atoms. The molecule has 0 aliphatic carbocycles. The second-order valence-electron chi connectivity index (χ2n) is 2.80. The highest BCUT2D eigenvalue weighted by Crippen LogP contribution is 2.26. The molecule has 0 spiro atoms. The van der Waals surface area contributed by atoms with Gasteiger partial charge in [0.25, 0.3) is 0 Å². The van der Waals surface area contributed by atoms with Gasteiger partial charge in [-0.25, -0.2) is 0 Å². The summed E-state index contributed by atoms with van der Waals surface area (Å²) < 4.78 is 0. The first kappa shape index (κ1) is 10.2. The Morgan fingerprint density at radius 1 is 1.31 bits per heavy atom. The minimum atomic E-state index is 0.472. The molecule has 1 unspecified atom stereocenters. The molecule has 0 radical (unpaired) electrons. The maximum absolute atomic E-state index is 3.10. The van der Waals surface area contributed by atoms with Gasteiger partial charge in [0.15, 0.2) is 0 Å². The average Bonchev–Trinajstić information content (AvgIpc) is 2.19. The Balaban J connectivity index is 2.54. The van der Waals surface area contributed by atoms with Crippen molar-refractivity contribution in [2.75, 3.05) is 0 Å². The maximum Gasteiger partial charge on any atom is 0.0392 e. The van der Waals surface area contributed by atoms with Gasteiger partial charge in [0, 0.05) is 11.7 Å². The lowest BCUT2D eigenvalue weighted by Crippen LogP contribution is -1.84. The molecule has 1 heteroatoms. The third kappa shape index (κ3) is 3.57. The standard InChI is InChI=1S/C12H14S/c1-3-4-10-13-11(2)12-8-6-5-7-9-12/h5-9,11H,3H2,1-2H3. The highest BCUT2D eigenvalue weighted by Gasteiger charge is 2.01. The van der Waals surface area contributed by atoms with Gasteiger partial charge < -0.3 is 0 Å². The SMILES string of the molecule is CCC#CSC(C)c1ccccc1. The van der Waals surface area contributed by atoms with Gasteiger partial charge in [0.05, 0.1) is 0 Å². The van der Waals surface area contributed by atoms with Crippen LogP contribution in [0.5, 0.6) is 0 Å². The van der Waals surface area contributed by atoms with E-state index in [-0.39, 0.29) is 0 Å². The summed E-state index contributed by atoms with van der Waals surface area (Å²) in [6.07, 6.45) is 0.939. The molecule has 0 saturated carbocycles. The molecule has 0 aliphatic rings. The van der Waals surface area contributed by atoms with Crippen LogP contribution in [0, 0.1) is 11.2 Å². The van der Waals surface area contributed by atoms with Gasteiger partial charge in [0.2, 0.25) is 0 Å². The third-order valence-electron chi connectivity index (χ3n) is 1.75. The molecule has 0 nitrogen and oxygen atoms in total. The van der Waals surface area contributed by atoms with E-state index >= 15 is 0 Å². The summed E-state index contributed by atoms with van der Waals surface area (Å²) in [5, 5.41) is 3.57. The first-order valence-corrected chi connectivity index (χ1v) is 5.41. The lowest BCUT2D eigenvalue weighted by atomic mass is 10.2. The molecule has 13 heavy (non-hydrogen) atoms. The Morgan fingerprint density at radius 3 is 2.62 bits per heavy atom. The van der Waals surface area contributed by atoms with Gasteiger partial charge >= 0.3 is 0 Å². The van der Waals surface area contributed by atoms with Gasteiger partial charge in [-0.05, 0) is 17.7 Å². The lowest BCUT2D eigenvalue weighted by molar-refractivity contribution is 1.11. The van der Waals surface area contributed by atoms with Gasteiger partial charge in [-0.1, -0.05) is 54.9 Å². The largest absolute Gasteiger partial charge is 0.0915 e. The average molecular weight is 190 g/mol. The van der Waals surface area contributed by atoms with Crippen molar-refractivity contribution in [2.45, 2.75) is 25.5 Å².